The van der Waals surface area contributed by atoms with Gasteiger partial charge in [0.2, 0.25) is 0 Å². The van der Waals surface area contributed by atoms with Gasteiger partial charge in [0, 0.05) is 0 Å². The van der Waals surface area contributed by atoms with Gasteiger partial charge in [-0.1, -0.05) is 112 Å². The smallest absolute Gasteiger partial charge is 0.262 e. The zero-order chi connectivity index (χ0) is 19.3. The van der Waals surface area contributed by atoms with E-state index in [-0.39, 0.29) is 5.04 Å². The molecule has 0 N–H and O–H groups in total. The summed E-state index contributed by atoms with van der Waals surface area (Å²) in [6.07, 6.45) is 0.326. The normalized spacial score (nSPS) is 13.1. The first-order valence-corrected chi connectivity index (χ1v) is 11.2. The Morgan fingerprint density at radius 2 is 1.15 bits per heavy atom. The van der Waals surface area contributed by atoms with Gasteiger partial charge in [-0.15, -0.1) is 0 Å². The van der Waals surface area contributed by atoms with E-state index in [0.717, 1.165) is 11.8 Å². The Balaban J connectivity index is 2.22. The molecule has 0 aliphatic carbocycles. The van der Waals surface area contributed by atoms with Crippen LogP contribution in [0.25, 0.3) is 0 Å². The molecule has 3 aromatic carbocycles. The molecule has 0 bridgehead atoms. The lowest BCUT2D eigenvalue weighted by Gasteiger charge is -2.44. The minimum absolute atomic E-state index is 0.161. The molecule has 3 rings (SSSR count). The lowest BCUT2D eigenvalue weighted by molar-refractivity contribution is -0.114. The van der Waals surface area contributed by atoms with Gasteiger partial charge < -0.3 is 9.22 Å². The molecule has 0 unspecified atom stereocenters. The van der Waals surface area contributed by atoms with Crippen molar-refractivity contribution in [3.05, 3.63) is 96.6 Å². The van der Waals surface area contributed by atoms with Crippen LogP contribution in [-0.2, 0) is 9.22 Å². The third-order valence-corrected chi connectivity index (χ3v) is 9.98. The Labute approximate surface area is 163 Å². The van der Waals surface area contributed by atoms with Crippen LogP contribution in [0.4, 0.5) is 0 Å². The molecule has 138 valence electrons. The Kier molecular flexibility index (Phi) is 5.73. The summed E-state index contributed by atoms with van der Waals surface area (Å²) in [5, 5.41) is 2.18. The van der Waals surface area contributed by atoms with E-state index < -0.39 is 14.4 Å². The summed E-state index contributed by atoms with van der Waals surface area (Å²) in [6, 6.07) is 30.5. The van der Waals surface area contributed by atoms with Crippen LogP contribution in [-0.4, -0.2) is 14.6 Å². The second-order valence-electron chi connectivity index (χ2n) is 7.75. The molecule has 3 heteroatoms. The predicted octanol–water partition coefficient (Wildman–Crippen LogP) is 4.50. The molecule has 0 saturated heterocycles. The highest BCUT2D eigenvalue weighted by atomic mass is 28.4. The average Bonchev–Trinajstić information content (AvgIpc) is 2.70. The van der Waals surface area contributed by atoms with E-state index in [4.69, 9.17) is 4.43 Å². The summed E-state index contributed by atoms with van der Waals surface area (Å²) in [7, 11) is -2.75. The van der Waals surface area contributed by atoms with Crippen molar-refractivity contribution in [2.24, 2.45) is 0 Å². The maximum absolute atomic E-state index is 12.1. The molecular weight excluding hydrogens is 348 g/mol. The van der Waals surface area contributed by atoms with Crippen LogP contribution in [0.3, 0.4) is 0 Å². The highest BCUT2D eigenvalue weighted by molar-refractivity contribution is 6.99. The first-order chi connectivity index (χ1) is 13.0. The quantitative estimate of drug-likeness (QED) is 0.469. The van der Waals surface area contributed by atoms with Gasteiger partial charge in [-0.05, 0) is 21.0 Å². The Hall–Kier alpha value is -2.49. The molecule has 1 atom stereocenters. The van der Waals surface area contributed by atoms with Crippen molar-refractivity contribution in [3.8, 4) is 0 Å². The molecule has 0 fully saturated rings. The van der Waals surface area contributed by atoms with Crippen LogP contribution in [0.2, 0.25) is 5.04 Å². The zero-order valence-electron chi connectivity index (χ0n) is 16.1. The van der Waals surface area contributed by atoms with Gasteiger partial charge in [0.1, 0.15) is 6.10 Å². The SMILES string of the molecule is CC(C)(C)[Si](O[C@H](C=O)c1ccccc1)(c1ccccc1)c1ccccc1. The number of carbonyl (C=O) groups is 1. The highest BCUT2D eigenvalue weighted by Crippen LogP contribution is 2.39. The van der Waals surface area contributed by atoms with Crippen molar-refractivity contribution in [3.63, 3.8) is 0 Å². The van der Waals surface area contributed by atoms with E-state index in [9.17, 15) is 4.79 Å². The average molecular weight is 375 g/mol. The summed E-state index contributed by atoms with van der Waals surface area (Å²) < 4.78 is 6.88. The number of carbonyl (C=O) groups excluding carboxylic acids is 1. The van der Waals surface area contributed by atoms with Gasteiger partial charge in [-0.2, -0.15) is 0 Å². The van der Waals surface area contributed by atoms with Gasteiger partial charge in [0.05, 0.1) is 0 Å². The van der Waals surface area contributed by atoms with Gasteiger partial charge in [0.25, 0.3) is 8.32 Å². The fourth-order valence-corrected chi connectivity index (χ4v) is 8.29. The lowest BCUT2D eigenvalue weighted by atomic mass is 10.1. The van der Waals surface area contributed by atoms with Crippen LogP contribution < -0.4 is 10.4 Å². The first-order valence-electron chi connectivity index (χ1n) is 9.28. The molecule has 27 heavy (non-hydrogen) atoms. The third-order valence-electron chi connectivity index (χ3n) is 4.97. The van der Waals surface area contributed by atoms with Crippen molar-refractivity contribution in [2.75, 3.05) is 0 Å². The van der Waals surface area contributed by atoms with Crippen LogP contribution in [0.1, 0.15) is 32.4 Å². The highest BCUT2D eigenvalue weighted by Gasteiger charge is 2.51. The number of benzene rings is 3. The molecule has 2 nitrogen and oxygen atoms in total. The van der Waals surface area contributed by atoms with Gasteiger partial charge in [0.15, 0.2) is 6.29 Å². The van der Waals surface area contributed by atoms with Crippen LogP contribution in [0.15, 0.2) is 91.0 Å². The topological polar surface area (TPSA) is 26.3 Å². The van der Waals surface area contributed by atoms with Crippen molar-refractivity contribution < 1.29 is 9.22 Å². The molecule has 0 spiro atoms. The molecule has 0 aliphatic rings. The maximum atomic E-state index is 12.1. The minimum atomic E-state index is -2.75. The molecule has 3 aromatic rings. The number of aldehydes is 1. The van der Waals surface area contributed by atoms with E-state index in [1.54, 1.807) is 0 Å². The first kappa shape index (κ1) is 19.3. The molecule has 0 amide bonds. The number of hydrogen-bond donors (Lipinski definition) is 0. The molecule has 0 saturated carbocycles. The van der Waals surface area contributed by atoms with Crippen molar-refractivity contribution in [2.45, 2.75) is 31.9 Å². The number of rotatable bonds is 6. The molecule has 0 aliphatic heterocycles. The fraction of sp³-hybridized carbons (Fsp3) is 0.208. The Morgan fingerprint density at radius 1 is 0.741 bits per heavy atom. The molecule has 0 radical (unpaired) electrons. The van der Waals surface area contributed by atoms with E-state index in [2.05, 4.69) is 45.0 Å². The van der Waals surface area contributed by atoms with Crippen molar-refractivity contribution >= 4 is 25.0 Å². The molecular formula is C24H26O2Si. The second-order valence-corrected chi connectivity index (χ2v) is 12.0. The molecule has 0 aromatic heterocycles. The Morgan fingerprint density at radius 3 is 1.52 bits per heavy atom. The minimum Gasteiger partial charge on any atom is -0.394 e. The second kappa shape index (κ2) is 8.03. The van der Waals surface area contributed by atoms with Crippen molar-refractivity contribution in [1.29, 1.82) is 0 Å². The van der Waals surface area contributed by atoms with Gasteiger partial charge >= 0.3 is 0 Å². The fourth-order valence-electron chi connectivity index (χ4n) is 3.70. The standard InChI is InChI=1S/C24H26O2Si/c1-24(2,3)27(21-15-9-5-10-16-21,22-17-11-6-12-18-22)26-23(19-25)20-13-7-4-8-14-20/h4-19,23H,1-3H3/t23-/m1/s1. The summed E-state index contributed by atoms with van der Waals surface area (Å²) >= 11 is 0. The van der Waals surface area contributed by atoms with Crippen LogP contribution in [0.5, 0.6) is 0 Å². The van der Waals surface area contributed by atoms with E-state index in [0.29, 0.717) is 0 Å². The molecule has 0 heterocycles. The van der Waals surface area contributed by atoms with Gasteiger partial charge in [-0.25, -0.2) is 0 Å². The van der Waals surface area contributed by atoms with E-state index in [1.807, 2.05) is 66.7 Å². The number of hydrogen-bond acceptors (Lipinski definition) is 2. The largest absolute Gasteiger partial charge is 0.394 e. The summed E-state index contributed by atoms with van der Waals surface area (Å²) in [5.74, 6) is 0. The summed E-state index contributed by atoms with van der Waals surface area (Å²) in [6.45, 7) is 6.64. The van der Waals surface area contributed by atoms with E-state index >= 15 is 0 Å². The van der Waals surface area contributed by atoms with Crippen molar-refractivity contribution in [1.82, 2.24) is 0 Å². The summed E-state index contributed by atoms with van der Waals surface area (Å²) in [5.41, 5.74) is 0.889. The predicted molar refractivity (Wildman–Crippen MR) is 114 cm³/mol. The summed E-state index contributed by atoms with van der Waals surface area (Å²) in [4.78, 5) is 12.1. The monoisotopic (exact) mass is 374 g/mol. The van der Waals surface area contributed by atoms with Crippen LogP contribution >= 0.6 is 0 Å². The zero-order valence-corrected chi connectivity index (χ0v) is 17.1. The lowest BCUT2D eigenvalue weighted by Crippen LogP contribution is -2.67. The van der Waals surface area contributed by atoms with Gasteiger partial charge in [-0.3, -0.25) is 0 Å². The van der Waals surface area contributed by atoms with E-state index in [1.165, 1.54) is 10.4 Å². The van der Waals surface area contributed by atoms with Crippen LogP contribution in [0, 0.1) is 0 Å². The maximum Gasteiger partial charge on any atom is 0.262 e. The third kappa shape index (κ3) is 3.80. The Bertz CT molecular complexity index is 816.